The van der Waals surface area contributed by atoms with Crippen LogP contribution >= 0.6 is 0 Å². The number of carbonyl (C=O) groups excluding carboxylic acids is 1. The normalized spacial score (nSPS) is 20.3. The molecule has 0 unspecified atom stereocenters. The van der Waals surface area contributed by atoms with E-state index in [9.17, 15) is 4.79 Å². The molecule has 0 aromatic carbocycles. The molecule has 22 heavy (non-hydrogen) atoms. The van der Waals surface area contributed by atoms with Gasteiger partial charge in [-0.15, -0.1) is 0 Å². The first-order valence-electron chi connectivity index (χ1n) is 8.49. The molecule has 1 amide bonds. The van der Waals surface area contributed by atoms with Crippen LogP contribution in [0.1, 0.15) is 43.0 Å². The Bertz CT molecular complexity index is 505. The Balaban J connectivity index is 1.62. The zero-order chi connectivity index (χ0) is 15.4. The lowest BCUT2D eigenvalue weighted by atomic mass is 10.2. The first-order chi connectivity index (χ1) is 10.8. The first kappa shape index (κ1) is 15.3. The van der Waals surface area contributed by atoms with Crippen LogP contribution < -0.4 is 5.32 Å². The zero-order valence-corrected chi connectivity index (χ0v) is 13.4. The lowest BCUT2D eigenvalue weighted by Crippen LogP contribution is -2.48. The number of aromatic nitrogens is 1. The van der Waals surface area contributed by atoms with Gasteiger partial charge in [0, 0.05) is 44.6 Å². The van der Waals surface area contributed by atoms with E-state index < -0.39 is 0 Å². The van der Waals surface area contributed by atoms with Crippen molar-refractivity contribution >= 4 is 11.6 Å². The molecule has 0 atom stereocenters. The Morgan fingerprint density at radius 1 is 1.23 bits per heavy atom. The molecule has 1 aromatic heterocycles. The molecule has 1 aromatic rings. The van der Waals surface area contributed by atoms with Crippen LogP contribution in [0.3, 0.4) is 0 Å². The van der Waals surface area contributed by atoms with E-state index in [2.05, 4.69) is 22.1 Å². The van der Waals surface area contributed by atoms with Crippen molar-refractivity contribution in [3.05, 3.63) is 24.0 Å². The van der Waals surface area contributed by atoms with Gasteiger partial charge < -0.3 is 15.1 Å². The standard InChI is InChI=1S/C17H26N4O/c1-2-20-7-9-21(10-8-20)17(22)14-11-16(13-18-12-14)19-15-5-3-4-6-15/h11-13,15,19H,2-10H2,1H3. The van der Waals surface area contributed by atoms with Crippen molar-refractivity contribution in [3.63, 3.8) is 0 Å². The van der Waals surface area contributed by atoms with Crippen molar-refractivity contribution in [1.29, 1.82) is 0 Å². The van der Waals surface area contributed by atoms with Gasteiger partial charge in [-0.2, -0.15) is 0 Å². The second kappa shape index (κ2) is 7.09. The number of likely N-dealkylation sites (N-methyl/N-ethyl adjacent to an activating group) is 1. The van der Waals surface area contributed by atoms with Crippen LogP contribution in [0.2, 0.25) is 0 Å². The number of piperazine rings is 1. The Kier molecular flexibility index (Phi) is 4.93. The summed E-state index contributed by atoms with van der Waals surface area (Å²) >= 11 is 0. The molecule has 2 fully saturated rings. The Labute approximate surface area is 132 Å². The number of anilines is 1. The average molecular weight is 302 g/mol. The van der Waals surface area contributed by atoms with E-state index in [0.717, 1.165) is 38.4 Å². The van der Waals surface area contributed by atoms with E-state index in [0.29, 0.717) is 11.6 Å². The fourth-order valence-electron chi connectivity index (χ4n) is 3.39. The van der Waals surface area contributed by atoms with Gasteiger partial charge in [-0.05, 0) is 25.5 Å². The summed E-state index contributed by atoms with van der Waals surface area (Å²) in [7, 11) is 0. The van der Waals surface area contributed by atoms with E-state index in [1.807, 2.05) is 17.2 Å². The maximum absolute atomic E-state index is 12.6. The van der Waals surface area contributed by atoms with Gasteiger partial charge in [0.1, 0.15) is 0 Å². The molecule has 2 aliphatic rings. The first-order valence-corrected chi connectivity index (χ1v) is 8.49. The van der Waals surface area contributed by atoms with Crippen LogP contribution in [0.4, 0.5) is 5.69 Å². The third-order valence-corrected chi connectivity index (χ3v) is 4.82. The molecule has 1 saturated heterocycles. The van der Waals surface area contributed by atoms with E-state index in [1.165, 1.54) is 25.7 Å². The Morgan fingerprint density at radius 3 is 2.64 bits per heavy atom. The van der Waals surface area contributed by atoms with Gasteiger partial charge >= 0.3 is 0 Å². The summed E-state index contributed by atoms with van der Waals surface area (Å²) in [4.78, 5) is 21.2. The Morgan fingerprint density at radius 2 is 1.95 bits per heavy atom. The van der Waals surface area contributed by atoms with Gasteiger partial charge in [0.05, 0.1) is 11.3 Å². The van der Waals surface area contributed by atoms with Crippen LogP contribution in [-0.4, -0.2) is 59.5 Å². The molecule has 2 heterocycles. The number of nitrogens with zero attached hydrogens (tertiary/aromatic N) is 3. The quantitative estimate of drug-likeness (QED) is 0.926. The van der Waals surface area contributed by atoms with Gasteiger partial charge in [-0.3, -0.25) is 9.78 Å². The van der Waals surface area contributed by atoms with Gasteiger partial charge in [0.25, 0.3) is 5.91 Å². The summed E-state index contributed by atoms with van der Waals surface area (Å²) < 4.78 is 0. The van der Waals surface area contributed by atoms with Crippen LogP contribution in [0.15, 0.2) is 18.5 Å². The fraction of sp³-hybridized carbons (Fsp3) is 0.647. The highest BCUT2D eigenvalue weighted by Crippen LogP contribution is 2.22. The SMILES string of the molecule is CCN1CCN(C(=O)c2cncc(NC3CCCC3)c2)CC1. The van der Waals surface area contributed by atoms with E-state index in [-0.39, 0.29) is 5.91 Å². The third kappa shape index (κ3) is 3.58. The van der Waals surface area contributed by atoms with Crippen molar-refractivity contribution in [3.8, 4) is 0 Å². The van der Waals surface area contributed by atoms with Crippen molar-refractivity contribution in [2.45, 2.75) is 38.6 Å². The molecule has 1 N–H and O–H groups in total. The maximum Gasteiger partial charge on any atom is 0.255 e. The molecule has 0 bridgehead atoms. The second-order valence-corrected chi connectivity index (χ2v) is 6.31. The van der Waals surface area contributed by atoms with Crippen molar-refractivity contribution in [2.75, 3.05) is 38.0 Å². The number of hydrogen-bond donors (Lipinski definition) is 1. The summed E-state index contributed by atoms with van der Waals surface area (Å²) in [5.41, 5.74) is 1.68. The Hall–Kier alpha value is -1.62. The topological polar surface area (TPSA) is 48.5 Å². The molecule has 120 valence electrons. The highest BCUT2D eigenvalue weighted by molar-refractivity contribution is 5.94. The molecule has 3 rings (SSSR count). The highest BCUT2D eigenvalue weighted by Gasteiger charge is 2.22. The van der Waals surface area contributed by atoms with Crippen LogP contribution in [0, 0.1) is 0 Å². The number of carbonyl (C=O) groups is 1. The minimum atomic E-state index is 0.110. The molecule has 5 nitrogen and oxygen atoms in total. The highest BCUT2D eigenvalue weighted by atomic mass is 16.2. The minimum absolute atomic E-state index is 0.110. The fourth-order valence-corrected chi connectivity index (χ4v) is 3.39. The molecule has 1 saturated carbocycles. The van der Waals surface area contributed by atoms with Gasteiger partial charge in [-0.1, -0.05) is 19.8 Å². The summed E-state index contributed by atoms with van der Waals surface area (Å²) in [6, 6.07) is 2.50. The summed E-state index contributed by atoms with van der Waals surface area (Å²) in [6.07, 6.45) is 8.55. The van der Waals surface area contributed by atoms with E-state index in [4.69, 9.17) is 0 Å². The van der Waals surface area contributed by atoms with E-state index >= 15 is 0 Å². The third-order valence-electron chi connectivity index (χ3n) is 4.82. The molecular formula is C17H26N4O. The molecule has 1 aliphatic carbocycles. The molecular weight excluding hydrogens is 276 g/mol. The molecule has 5 heteroatoms. The number of rotatable bonds is 4. The van der Waals surface area contributed by atoms with E-state index in [1.54, 1.807) is 6.20 Å². The largest absolute Gasteiger partial charge is 0.381 e. The maximum atomic E-state index is 12.6. The summed E-state index contributed by atoms with van der Waals surface area (Å²) in [5.74, 6) is 0.110. The average Bonchev–Trinajstić information content (AvgIpc) is 3.07. The molecule has 1 aliphatic heterocycles. The van der Waals surface area contributed by atoms with Crippen LogP contribution in [0.5, 0.6) is 0 Å². The van der Waals surface area contributed by atoms with Crippen LogP contribution in [0.25, 0.3) is 0 Å². The van der Waals surface area contributed by atoms with Crippen molar-refractivity contribution in [1.82, 2.24) is 14.8 Å². The second-order valence-electron chi connectivity index (χ2n) is 6.31. The monoisotopic (exact) mass is 302 g/mol. The zero-order valence-electron chi connectivity index (χ0n) is 13.4. The van der Waals surface area contributed by atoms with Gasteiger partial charge in [0.15, 0.2) is 0 Å². The predicted molar refractivity (Wildman–Crippen MR) is 88.1 cm³/mol. The van der Waals surface area contributed by atoms with Crippen LogP contribution in [-0.2, 0) is 0 Å². The smallest absolute Gasteiger partial charge is 0.255 e. The lowest BCUT2D eigenvalue weighted by molar-refractivity contribution is 0.0643. The number of hydrogen-bond acceptors (Lipinski definition) is 4. The van der Waals surface area contributed by atoms with Crippen molar-refractivity contribution in [2.24, 2.45) is 0 Å². The van der Waals surface area contributed by atoms with Crippen molar-refractivity contribution < 1.29 is 4.79 Å². The minimum Gasteiger partial charge on any atom is -0.381 e. The number of amides is 1. The molecule has 0 spiro atoms. The number of pyridine rings is 1. The van der Waals surface area contributed by atoms with Gasteiger partial charge in [0.2, 0.25) is 0 Å². The summed E-state index contributed by atoms with van der Waals surface area (Å²) in [5, 5.41) is 3.51. The predicted octanol–water partition coefficient (Wildman–Crippen LogP) is 2.21. The lowest BCUT2D eigenvalue weighted by Gasteiger charge is -2.34. The van der Waals surface area contributed by atoms with Gasteiger partial charge in [-0.25, -0.2) is 0 Å². The summed E-state index contributed by atoms with van der Waals surface area (Å²) in [6.45, 7) is 6.79. The molecule has 0 radical (unpaired) electrons. The number of nitrogens with one attached hydrogen (secondary N) is 1.